The lowest BCUT2D eigenvalue weighted by atomic mass is 10.2. The predicted octanol–water partition coefficient (Wildman–Crippen LogP) is -1.19. The van der Waals surface area contributed by atoms with Crippen molar-refractivity contribution in [1.82, 2.24) is 19.5 Å². The molecule has 0 bridgehead atoms. The molecule has 0 amide bonds. The molecule has 0 saturated heterocycles. The smallest absolute Gasteiger partial charge is 0.344 e. The molecule has 142 valence electrons. The average molecular weight is 373 g/mol. The number of halogens is 1. The summed E-state index contributed by atoms with van der Waals surface area (Å²) in [6.07, 6.45) is -5.37. The fraction of sp³-hybridized carbons (Fsp3) is 0.462. The molecular weight excluding hydrogens is 357 g/mol. The number of aliphatic carboxylic acids is 2. The maximum absolute atomic E-state index is 14.7. The van der Waals surface area contributed by atoms with Crippen LogP contribution < -0.4 is 5.73 Å². The number of aliphatic hydroxyl groups excluding tert-OH is 1. The van der Waals surface area contributed by atoms with Gasteiger partial charge in [-0.15, -0.1) is 0 Å². The molecule has 12 nitrogen and oxygen atoms in total. The number of alkyl halides is 1. The van der Waals surface area contributed by atoms with Crippen LogP contribution in [-0.2, 0) is 19.1 Å². The summed E-state index contributed by atoms with van der Waals surface area (Å²) in [6, 6.07) is 0. The summed E-state index contributed by atoms with van der Waals surface area (Å²) < 4.78 is 25.2. The first-order chi connectivity index (χ1) is 12.3. The van der Waals surface area contributed by atoms with Gasteiger partial charge < -0.3 is 30.5 Å². The summed E-state index contributed by atoms with van der Waals surface area (Å²) in [5.41, 5.74) is 5.75. The third kappa shape index (κ3) is 3.84. The molecule has 3 atom stereocenters. The van der Waals surface area contributed by atoms with Crippen molar-refractivity contribution >= 4 is 28.9 Å². The van der Waals surface area contributed by atoms with Gasteiger partial charge in [-0.25, -0.2) is 28.9 Å². The quantitative estimate of drug-likeness (QED) is 0.387. The molecular formula is C13H16FN5O7. The highest BCUT2D eigenvalue weighted by atomic mass is 19.1. The summed E-state index contributed by atoms with van der Waals surface area (Å²) in [4.78, 5) is 33.0. The fourth-order valence-corrected chi connectivity index (χ4v) is 2.14. The molecule has 0 aliphatic rings. The topological polar surface area (TPSA) is 183 Å². The highest BCUT2D eigenvalue weighted by molar-refractivity contribution is 5.96. The third-order valence-electron chi connectivity index (χ3n) is 3.49. The molecule has 0 spiro atoms. The van der Waals surface area contributed by atoms with Gasteiger partial charge in [0.05, 0.1) is 12.9 Å². The van der Waals surface area contributed by atoms with Gasteiger partial charge >= 0.3 is 11.9 Å². The zero-order chi connectivity index (χ0) is 19.4. The van der Waals surface area contributed by atoms with Crippen LogP contribution in [0.2, 0.25) is 0 Å². The lowest BCUT2D eigenvalue weighted by molar-refractivity contribution is -0.172. The summed E-state index contributed by atoms with van der Waals surface area (Å²) in [6.45, 7) is -0.689. The molecule has 2 aromatic rings. The lowest BCUT2D eigenvalue weighted by Crippen LogP contribution is -2.41. The first-order valence-corrected chi connectivity index (χ1v) is 7.13. The minimum atomic E-state index is -2.18. The molecule has 0 fully saturated rings. The van der Waals surface area contributed by atoms with E-state index in [1.807, 2.05) is 0 Å². The highest BCUT2D eigenvalue weighted by Crippen LogP contribution is 2.24. The molecule has 26 heavy (non-hydrogen) atoms. The Balaban J connectivity index is 2.16. The minimum absolute atomic E-state index is 0.0211. The van der Waals surface area contributed by atoms with Crippen LogP contribution in [-0.4, -0.2) is 78.8 Å². The zero-order valence-electron chi connectivity index (χ0n) is 13.4. The Morgan fingerprint density at radius 3 is 2.54 bits per heavy atom. The minimum Gasteiger partial charge on any atom is -0.479 e. The van der Waals surface area contributed by atoms with E-state index < -0.39 is 43.2 Å². The Morgan fingerprint density at radius 1 is 1.31 bits per heavy atom. The fourth-order valence-electron chi connectivity index (χ4n) is 2.14. The second-order valence-corrected chi connectivity index (χ2v) is 5.11. The van der Waals surface area contributed by atoms with Gasteiger partial charge in [-0.3, -0.25) is 4.57 Å². The monoisotopic (exact) mass is 373 g/mol. The van der Waals surface area contributed by atoms with E-state index in [9.17, 15) is 19.1 Å². The van der Waals surface area contributed by atoms with Crippen LogP contribution in [0.4, 0.5) is 10.2 Å². The third-order valence-corrected chi connectivity index (χ3v) is 3.49. The van der Waals surface area contributed by atoms with Crippen molar-refractivity contribution in [2.24, 2.45) is 0 Å². The SMILES string of the molecule is CO[C@H](COC(C(=O)O)C(=O)O)[C@@H](O)[C@@H](F)n1cnc2c(N)ncnc21. The first kappa shape index (κ1) is 19.4. The van der Waals surface area contributed by atoms with Crippen molar-refractivity contribution in [3.8, 4) is 0 Å². The van der Waals surface area contributed by atoms with Gasteiger partial charge in [-0.05, 0) is 0 Å². The highest BCUT2D eigenvalue weighted by Gasteiger charge is 2.34. The van der Waals surface area contributed by atoms with Crippen LogP contribution in [0.25, 0.3) is 11.2 Å². The number of carbonyl (C=O) groups is 2. The Labute approximate surface area is 145 Å². The number of carboxylic acids is 2. The number of methoxy groups -OCH3 is 1. The van der Waals surface area contributed by atoms with Gasteiger partial charge in [0, 0.05) is 7.11 Å². The average Bonchev–Trinajstić information content (AvgIpc) is 3.02. The second kappa shape index (κ2) is 7.99. The number of hydrogen-bond donors (Lipinski definition) is 4. The van der Waals surface area contributed by atoms with E-state index in [2.05, 4.69) is 15.0 Å². The second-order valence-electron chi connectivity index (χ2n) is 5.11. The number of nitrogens with zero attached hydrogens (tertiary/aromatic N) is 4. The lowest BCUT2D eigenvalue weighted by Gasteiger charge is -2.25. The number of imidazole rings is 1. The molecule has 0 aromatic carbocycles. The zero-order valence-corrected chi connectivity index (χ0v) is 13.4. The molecule has 0 unspecified atom stereocenters. The summed E-state index contributed by atoms with van der Waals surface area (Å²) in [7, 11) is 1.12. The van der Waals surface area contributed by atoms with E-state index in [1.54, 1.807) is 0 Å². The first-order valence-electron chi connectivity index (χ1n) is 7.13. The molecule has 2 heterocycles. The molecule has 0 radical (unpaired) electrons. The van der Waals surface area contributed by atoms with E-state index >= 15 is 0 Å². The summed E-state index contributed by atoms with van der Waals surface area (Å²) >= 11 is 0. The van der Waals surface area contributed by atoms with Crippen molar-refractivity contribution < 1.29 is 38.8 Å². The number of fused-ring (bicyclic) bond motifs is 1. The molecule has 0 saturated carbocycles. The van der Waals surface area contributed by atoms with E-state index in [0.717, 1.165) is 24.3 Å². The largest absolute Gasteiger partial charge is 0.479 e. The number of aromatic nitrogens is 4. The molecule has 2 rings (SSSR count). The molecule has 0 aliphatic heterocycles. The molecule has 5 N–H and O–H groups in total. The Morgan fingerprint density at radius 2 is 1.96 bits per heavy atom. The van der Waals surface area contributed by atoms with Crippen molar-refractivity contribution in [2.45, 2.75) is 24.6 Å². The summed E-state index contributed by atoms with van der Waals surface area (Å²) in [5, 5.41) is 27.7. The van der Waals surface area contributed by atoms with Crippen molar-refractivity contribution in [3.63, 3.8) is 0 Å². The number of ether oxygens (including phenoxy) is 2. The Bertz CT molecular complexity index is 786. The molecule has 0 aliphatic carbocycles. The van der Waals surface area contributed by atoms with Crippen LogP contribution in [0.5, 0.6) is 0 Å². The van der Waals surface area contributed by atoms with Crippen molar-refractivity contribution in [2.75, 3.05) is 19.5 Å². The van der Waals surface area contributed by atoms with Crippen LogP contribution in [0.3, 0.4) is 0 Å². The van der Waals surface area contributed by atoms with Gasteiger partial charge in [0.15, 0.2) is 11.5 Å². The van der Waals surface area contributed by atoms with Gasteiger partial charge in [-0.1, -0.05) is 0 Å². The maximum atomic E-state index is 14.7. The van der Waals surface area contributed by atoms with Crippen molar-refractivity contribution in [3.05, 3.63) is 12.7 Å². The van der Waals surface area contributed by atoms with Gasteiger partial charge in [-0.2, -0.15) is 0 Å². The number of carboxylic acid groups (broad SMARTS) is 2. The van der Waals surface area contributed by atoms with Gasteiger partial charge in [0.1, 0.15) is 24.1 Å². The number of nitrogen functional groups attached to an aromatic ring is 1. The Kier molecular flexibility index (Phi) is 5.97. The number of hydrogen-bond acceptors (Lipinski definition) is 9. The van der Waals surface area contributed by atoms with Crippen LogP contribution in [0, 0.1) is 0 Å². The van der Waals surface area contributed by atoms with E-state index in [1.165, 1.54) is 0 Å². The number of anilines is 1. The van der Waals surface area contributed by atoms with Gasteiger partial charge in [0.2, 0.25) is 6.30 Å². The number of rotatable bonds is 9. The van der Waals surface area contributed by atoms with E-state index in [0.29, 0.717) is 0 Å². The van der Waals surface area contributed by atoms with E-state index in [-0.39, 0.29) is 17.0 Å². The standard InChI is InChI=1S/C13H16FN5O7/c1-25-5(2-26-8(12(21)22)13(23)24)7(20)9(14)19-4-18-6-10(15)16-3-17-11(6)19/h3-5,7-9,20H,2H2,1H3,(H,21,22)(H,23,24)(H2,15,16,17)/t5-,7-,9+/m1/s1. The number of aliphatic hydroxyl groups is 1. The predicted molar refractivity (Wildman–Crippen MR) is 81.7 cm³/mol. The Hall–Kier alpha value is -2.90. The van der Waals surface area contributed by atoms with Gasteiger partial charge in [0.25, 0.3) is 6.10 Å². The van der Waals surface area contributed by atoms with E-state index in [4.69, 9.17) is 25.4 Å². The molecule has 2 aromatic heterocycles. The number of nitrogens with two attached hydrogens (primary N) is 1. The van der Waals surface area contributed by atoms with Crippen LogP contribution in [0.1, 0.15) is 6.30 Å². The van der Waals surface area contributed by atoms with Crippen molar-refractivity contribution in [1.29, 1.82) is 0 Å². The maximum Gasteiger partial charge on any atom is 0.344 e. The normalized spacial score (nSPS) is 15.1. The van der Waals surface area contributed by atoms with Crippen LogP contribution in [0.15, 0.2) is 12.7 Å². The molecule has 13 heteroatoms. The van der Waals surface area contributed by atoms with Crippen LogP contribution >= 0.6 is 0 Å². The summed E-state index contributed by atoms with van der Waals surface area (Å²) in [5.74, 6) is -3.47.